The van der Waals surface area contributed by atoms with Gasteiger partial charge in [0.2, 0.25) is 5.88 Å². The molecular weight excluding hydrogens is 506 g/mol. The van der Waals surface area contributed by atoms with Gasteiger partial charge in [-0.15, -0.1) is 0 Å². The second-order valence-corrected chi connectivity index (χ2v) is 9.97. The van der Waals surface area contributed by atoms with Gasteiger partial charge in [0.1, 0.15) is 28.0 Å². The van der Waals surface area contributed by atoms with Gasteiger partial charge in [-0.2, -0.15) is 4.98 Å². The number of H-pyrrole nitrogens is 1. The molecule has 1 aliphatic heterocycles. The lowest BCUT2D eigenvalue weighted by Gasteiger charge is -2.29. The molecule has 2 aromatic carbocycles. The van der Waals surface area contributed by atoms with Crippen molar-refractivity contribution < 1.29 is 21.9 Å². The highest BCUT2D eigenvalue weighted by molar-refractivity contribution is 7.92. The first-order chi connectivity index (χ1) is 17.7. The molecule has 4 aromatic rings. The van der Waals surface area contributed by atoms with Crippen LogP contribution in [0.1, 0.15) is 0 Å². The van der Waals surface area contributed by atoms with Gasteiger partial charge >= 0.3 is 5.69 Å². The van der Waals surface area contributed by atoms with Gasteiger partial charge in [-0.05, 0) is 35.9 Å². The Hall–Kier alpha value is -4.10. The third kappa shape index (κ3) is 4.95. The maximum atomic E-state index is 14.2. The van der Waals surface area contributed by atoms with Gasteiger partial charge in [-0.3, -0.25) is 4.72 Å². The van der Waals surface area contributed by atoms with E-state index in [4.69, 9.17) is 4.74 Å². The number of fused-ring (bicyclic) bond motifs is 1. The molecule has 0 bridgehead atoms. The fraction of sp³-hybridized carbons (Fsp3) is 0.208. The fourth-order valence-electron chi connectivity index (χ4n) is 4.17. The Morgan fingerprint density at radius 2 is 1.84 bits per heavy atom. The standard InChI is InChI=1S/C24H22F2N6O4S/c1-36-23-20(31-37(34,35)21-5-3-16(25)12-18(21)26)11-15(13-28-23)14-2-4-19-17(10-14)22(30-24(33)29-19)32-8-6-27-7-9-32/h2-5,10-13,27,31H,6-9H2,1H3,(H,29,30,33). The van der Waals surface area contributed by atoms with Crippen molar-refractivity contribution in [2.45, 2.75) is 4.90 Å². The van der Waals surface area contributed by atoms with E-state index in [9.17, 15) is 22.0 Å². The minimum atomic E-state index is -4.43. The van der Waals surface area contributed by atoms with Gasteiger partial charge in [0.25, 0.3) is 10.0 Å². The van der Waals surface area contributed by atoms with Crippen LogP contribution in [0.2, 0.25) is 0 Å². The van der Waals surface area contributed by atoms with Crippen LogP contribution in [0.5, 0.6) is 5.88 Å². The van der Waals surface area contributed by atoms with Crippen LogP contribution in [0.15, 0.2) is 58.4 Å². The fourth-order valence-corrected chi connectivity index (χ4v) is 5.28. The van der Waals surface area contributed by atoms with Crippen molar-refractivity contribution >= 4 is 32.4 Å². The van der Waals surface area contributed by atoms with Crippen LogP contribution in [-0.4, -0.2) is 56.7 Å². The largest absolute Gasteiger partial charge is 0.480 e. The summed E-state index contributed by atoms with van der Waals surface area (Å²) in [7, 11) is -3.11. The summed E-state index contributed by atoms with van der Waals surface area (Å²) in [5, 5.41) is 3.98. The normalized spacial score (nSPS) is 14.1. The summed E-state index contributed by atoms with van der Waals surface area (Å²) in [6.07, 6.45) is 1.50. The van der Waals surface area contributed by atoms with Crippen molar-refractivity contribution in [2.75, 3.05) is 42.9 Å². The van der Waals surface area contributed by atoms with E-state index < -0.39 is 32.2 Å². The molecule has 0 unspecified atom stereocenters. The number of ether oxygens (including phenoxy) is 1. The first kappa shape index (κ1) is 24.6. The number of pyridine rings is 1. The molecule has 0 atom stereocenters. The summed E-state index contributed by atoms with van der Waals surface area (Å²) in [5.41, 5.74) is 1.31. The molecule has 1 saturated heterocycles. The van der Waals surface area contributed by atoms with Gasteiger partial charge < -0.3 is 19.9 Å². The number of nitrogens with zero attached hydrogens (tertiary/aromatic N) is 3. The topological polar surface area (TPSA) is 129 Å². The van der Waals surface area contributed by atoms with E-state index >= 15 is 0 Å². The average Bonchev–Trinajstić information content (AvgIpc) is 2.88. The lowest BCUT2D eigenvalue weighted by Crippen LogP contribution is -2.44. The smallest absolute Gasteiger partial charge is 0.347 e. The van der Waals surface area contributed by atoms with Gasteiger partial charge in [0.15, 0.2) is 0 Å². The molecule has 0 saturated carbocycles. The van der Waals surface area contributed by atoms with E-state index in [1.807, 2.05) is 11.0 Å². The number of halogens is 2. The first-order valence-electron chi connectivity index (χ1n) is 11.3. The predicted octanol–water partition coefficient (Wildman–Crippen LogP) is 2.48. The van der Waals surface area contributed by atoms with Gasteiger partial charge in [0.05, 0.1) is 12.6 Å². The molecule has 2 aromatic heterocycles. The van der Waals surface area contributed by atoms with E-state index in [0.29, 0.717) is 47.0 Å². The Morgan fingerprint density at radius 1 is 1.05 bits per heavy atom. The molecule has 1 aliphatic rings. The monoisotopic (exact) mass is 528 g/mol. The Balaban J connectivity index is 1.56. The van der Waals surface area contributed by atoms with Gasteiger partial charge in [-0.25, -0.2) is 27.0 Å². The Labute approximate surface area is 210 Å². The van der Waals surface area contributed by atoms with Gasteiger partial charge in [-0.1, -0.05) is 6.07 Å². The molecular formula is C24H22F2N6O4S. The molecule has 3 N–H and O–H groups in total. The molecule has 13 heteroatoms. The Kier molecular flexibility index (Phi) is 6.48. The number of hydrogen-bond acceptors (Lipinski definition) is 8. The Bertz CT molecular complexity index is 1660. The molecule has 37 heavy (non-hydrogen) atoms. The van der Waals surface area contributed by atoms with Gasteiger partial charge in [0, 0.05) is 49.4 Å². The zero-order valence-electron chi connectivity index (χ0n) is 19.6. The number of aromatic amines is 1. The average molecular weight is 529 g/mol. The SMILES string of the molecule is COc1ncc(-c2ccc3[nH]c(=O)nc(N4CCNCC4)c3c2)cc1NS(=O)(=O)c1ccc(F)cc1F. The number of rotatable bonds is 6. The summed E-state index contributed by atoms with van der Waals surface area (Å²) in [6, 6.07) is 9.00. The van der Waals surface area contributed by atoms with Crippen molar-refractivity contribution in [1.82, 2.24) is 20.3 Å². The van der Waals surface area contributed by atoms with Crippen LogP contribution in [0.25, 0.3) is 22.0 Å². The quantitative estimate of drug-likeness (QED) is 0.348. The number of nitrogens with one attached hydrogen (secondary N) is 3. The van der Waals surface area contributed by atoms with Crippen molar-refractivity contribution in [3.05, 3.63) is 70.8 Å². The van der Waals surface area contributed by atoms with E-state index in [2.05, 4.69) is 25.0 Å². The zero-order valence-corrected chi connectivity index (χ0v) is 20.4. The third-order valence-electron chi connectivity index (χ3n) is 5.93. The molecule has 0 amide bonds. The lowest BCUT2D eigenvalue weighted by molar-refractivity contribution is 0.400. The van der Waals surface area contributed by atoms with Crippen LogP contribution in [-0.2, 0) is 10.0 Å². The number of benzene rings is 2. The van der Waals surface area contributed by atoms with Crippen molar-refractivity contribution in [1.29, 1.82) is 0 Å². The number of anilines is 2. The second kappa shape index (κ2) is 9.75. The van der Waals surface area contributed by atoms with Crippen LogP contribution >= 0.6 is 0 Å². The summed E-state index contributed by atoms with van der Waals surface area (Å²) in [4.78, 5) is 24.6. The lowest BCUT2D eigenvalue weighted by atomic mass is 10.0. The Morgan fingerprint density at radius 3 is 2.57 bits per heavy atom. The van der Waals surface area contributed by atoms with Crippen LogP contribution < -0.4 is 25.4 Å². The van der Waals surface area contributed by atoms with E-state index in [1.165, 1.54) is 19.4 Å². The van der Waals surface area contributed by atoms with Crippen molar-refractivity contribution in [2.24, 2.45) is 0 Å². The molecule has 0 aliphatic carbocycles. The van der Waals surface area contributed by atoms with E-state index in [1.54, 1.807) is 12.1 Å². The molecule has 0 spiro atoms. The number of aromatic nitrogens is 3. The maximum absolute atomic E-state index is 14.2. The van der Waals surface area contributed by atoms with Crippen LogP contribution in [0.4, 0.5) is 20.3 Å². The molecule has 10 nitrogen and oxygen atoms in total. The molecule has 3 heterocycles. The summed E-state index contributed by atoms with van der Waals surface area (Å²) >= 11 is 0. The second-order valence-electron chi connectivity index (χ2n) is 8.32. The number of methoxy groups -OCH3 is 1. The highest BCUT2D eigenvalue weighted by Gasteiger charge is 2.23. The molecule has 1 fully saturated rings. The van der Waals surface area contributed by atoms with Crippen molar-refractivity contribution in [3.63, 3.8) is 0 Å². The number of piperazine rings is 1. The number of hydrogen-bond donors (Lipinski definition) is 3. The summed E-state index contributed by atoms with van der Waals surface area (Å²) in [6.45, 7) is 2.89. The zero-order chi connectivity index (χ0) is 26.2. The van der Waals surface area contributed by atoms with Crippen LogP contribution in [0.3, 0.4) is 0 Å². The summed E-state index contributed by atoms with van der Waals surface area (Å²) < 4.78 is 60.7. The highest BCUT2D eigenvalue weighted by Crippen LogP contribution is 2.33. The minimum Gasteiger partial charge on any atom is -0.480 e. The van der Waals surface area contributed by atoms with Crippen molar-refractivity contribution in [3.8, 4) is 17.0 Å². The van der Waals surface area contributed by atoms with Crippen LogP contribution in [0, 0.1) is 11.6 Å². The minimum absolute atomic E-state index is 0.0363. The predicted molar refractivity (Wildman–Crippen MR) is 134 cm³/mol. The summed E-state index contributed by atoms with van der Waals surface area (Å²) in [5.74, 6) is -1.61. The number of sulfonamides is 1. The molecule has 192 valence electrons. The maximum Gasteiger partial charge on any atom is 0.347 e. The van der Waals surface area contributed by atoms with E-state index in [0.717, 1.165) is 25.2 Å². The first-order valence-corrected chi connectivity index (χ1v) is 12.8. The molecule has 0 radical (unpaired) electrons. The highest BCUT2D eigenvalue weighted by atomic mass is 32.2. The third-order valence-corrected chi connectivity index (χ3v) is 7.33. The molecule has 5 rings (SSSR count). The van der Waals surface area contributed by atoms with E-state index in [-0.39, 0.29) is 11.6 Å².